The molecule has 0 saturated heterocycles. The van der Waals surface area contributed by atoms with Gasteiger partial charge in [0.2, 0.25) is 5.91 Å². The summed E-state index contributed by atoms with van der Waals surface area (Å²) < 4.78 is 3.87. The zero-order chi connectivity index (χ0) is 17.8. The third-order valence-corrected chi connectivity index (χ3v) is 6.38. The fraction of sp³-hybridized carbons (Fsp3) is 0.0625. The molecule has 128 valence electrons. The number of para-hydroxylation sites is 1. The average molecular weight is 473 g/mol. The maximum absolute atomic E-state index is 12.1. The van der Waals surface area contributed by atoms with Gasteiger partial charge in [-0.1, -0.05) is 46.8 Å². The summed E-state index contributed by atoms with van der Waals surface area (Å²) in [5.41, 5.74) is 1.59. The summed E-state index contributed by atoms with van der Waals surface area (Å²) in [7, 11) is 0. The molecule has 3 aromatic rings. The third-order valence-electron chi connectivity index (χ3n) is 3.08. The number of nitrogens with one attached hydrogen (secondary N) is 1. The van der Waals surface area contributed by atoms with Crippen LogP contribution in [0.25, 0.3) is 5.69 Å². The van der Waals surface area contributed by atoms with Gasteiger partial charge in [-0.05, 0) is 64.5 Å². The lowest BCUT2D eigenvalue weighted by atomic mass is 10.3. The Bertz CT molecular complexity index is 956. The van der Waals surface area contributed by atoms with Crippen molar-refractivity contribution >= 4 is 74.4 Å². The van der Waals surface area contributed by atoms with Crippen LogP contribution in [0.15, 0.2) is 57.3 Å². The lowest BCUT2D eigenvalue weighted by molar-refractivity contribution is -0.113. The number of hydrogen-bond acceptors (Lipinski definition) is 5. The molecule has 25 heavy (non-hydrogen) atoms. The average Bonchev–Trinajstić information content (AvgIpc) is 2.97. The molecule has 0 atom stereocenters. The van der Waals surface area contributed by atoms with E-state index >= 15 is 0 Å². The van der Waals surface area contributed by atoms with Gasteiger partial charge in [0, 0.05) is 9.50 Å². The number of nitrogens with zero attached hydrogens (tertiary/aromatic N) is 2. The Hall–Kier alpha value is -1.19. The molecule has 1 amide bonds. The Kier molecular flexibility index (Phi) is 6.29. The van der Waals surface area contributed by atoms with Crippen LogP contribution < -0.4 is 5.32 Å². The molecule has 0 spiro atoms. The minimum Gasteiger partial charge on any atom is -0.324 e. The van der Waals surface area contributed by atoms with Crippen molar-refractivity contribution in [2.24, 2.45) is 0 Å². The Balaban J connectivity index is 1.65. The maximum atomic E-state index is 12.1. The Morgan fingerprint density at radius 1 is 1.28 bits per heavy atom. The summed E-state index contributed by atoms with van der Waals surface area (Å²) in [5.74, 6) is 0.153. The number of aromatic nitrogens is 2. The molecule has 0 aliphatic rings. The molecule has 0 unspecified atom stereocenters. The normalized spacial score (nSPS) is 10.6. The van der Waals surface area contributed by atoms with Gasteiger partial charge in [-0.2, -0.15) is 0 Å². The Morgan fingerprint density at radius 3 is 2.72 bits per heavy atom. The van der Waals surface area contributed by atoms with Crippen LogP contribution >= 0.6 is 62.8 Å². The zero-order valence-corrected chi connectivity index (χ0v) is 17.4. The van der Waals surface area contributed by atoms with E-state index in [9.17, 15) is 4.79 Å². The summed E-state index contributed by atoms with van der Waals surface area (Å²) in [6.07, 6.45) is 0. The molecule has 1 aromatic heterocycles. The van der Waals surface area contributed by atoms with Crippen molar-refractivity contribution in [3.63, 3.8) is 0 Å². The molecule has 0 aliphatic carbocycles. The van der Waals surface area contributed by atoms with Gasteiger partial charge in [0.15, 0.2) is 8.29 Å². The number of halogens is 2. The molecule has 4 nitrogen and oxygen atoms in total. The number of thioether (sulfide) groups is 1. The lowest BCUT2D eigenvalue weighted by Gasteiger charge is -2.05. The molecular formula is C16H11BrClN3OS3. The van der Waals surface area contributed by atoms with Crippen LogP contribution in [0.4, 0.5) is 5.69 Å². The van der Waals surface area contributed by atoms with Gasteiger partial charge in [0.05, 0.1) is 17.1 Å². The summed E-state index contributed by atoms with van der Waals surface area (Å²) in [4.78, 5) is 12.1. The highest BCUT2D eigenvalue weighted by atomic mass is 79.9. The van der Waals surface area contributed by atoms with E-state index in [1.807, 2.05) is 36.4 Å². The van der Waals surface area contributed by atoms with E-state index in [0.29, 0.717) is 8.98 Å². The molecule has 2 aromatic carbocycles. The summed E-state index contributed by atoms with van der Waals surface area (Å²) in [6, 6.07) is 14.8. The van der Waals surface area contributed by atoms with Crippen molar-refractivity contribution in [1.29, 1.82) is 0 Å². The SMILES string of the molecule is O=C(CSc1nn(-c2ccc(Cl)cc2)c(=S)s1)Nc1ccccc1Br. The number of anilines is 1. The highest BCUT2D eigenvalue weighted by Crippen LogP contribution is 2.26. The molecule has 0 saturated carbocycles. The largest absolute Gasteiger partial charge is 0.324 e. The number of amides is 1. The zero-order valence-electron chi connectivity index (χ0n) is 12.6. The second-order valence-corrected chi connectivity index (χ2v) is 8.97. The van der Waals surface area contributed by atoms with E-state index in [2.05, 4.69) is 26.3 Å². The standard InChI is InChI=1S/C16H11BrClN3OS3/c17-12-3-1-2-4-13(12)19-14(22)9-24-15-20-21(16(23)25-15)11-7-5-10(18)6-8-11/h1-8H,9H2,(H,19,22). The van der Waals surface area contributed by atoms with Gasteiger partial charge in [0.1, 0.15) is 0 Å². The van der Waals surface area contributed by atoms with Gasteiger partial charge in [0.25, 0.3) is 0 Å². The summed E-state index contributed by atoms with van der Waals surface area (Å²) in [6.45, 7) is 0. The smallest absolute Gasteiger partial charge is 0.234 e. The molecule has 0 radical (unpaired) electrons. The number of hydrogen-bond donors (Lipinski definition) is 1. The Morgan fingerprint density at radius 2 is 2.00 bits per heavy atom. The van der Waals surface area contributed by atoms with E-state index in [-0.39, 0.29) is 11.7 Å². The quantitative estimate of drug-likeness (QED) is 0.376. The minimum atomic E-state index is -0.101. The summed E-state index contributed by atoms with van der Waals surface area (Å²) >= 11 is 17.4. The van der Waals surface area contributed by atoms with Crippen LogP contribution in [0.1, 0.15) is 0 Å². The van der Waals surface area contributed by atoms with E-state index < -0.39 is 0 Å². The molecular weight excluding hydrogens is 462 g/mol. The predicted molar refractivity (Wildman–Crippen MR) is 111 cm³/mol. The van der Waals surface area contributed by atoms with Gasteiger partial charge in [-0.15, -0.1) is 5.10 Å². The Labute approximate surface area is 171 Å². The van der Waals surface area contributed by atoms with Crippen LogP contribution in [0.5, 0.6) is 0 Å². The topological polar surface area (TPSA) is 46.9 Å². The van der Waals surface area contributed by atoms with Crippen molar-refractivity contribution in [1.82, 2.24) is 9.78 Å². The van der Waals surface area contributed by atoms with Gasteiger partial charge in [-0.25, -0.2) is 4.68 Å². The molecule has 9 heteroatoms. The number of carbonyl (C=O) groups excluding carboxylic acids is 1. The maximum Gasteiger partial charge on any atom is 0.234 e. The van der Waals surface area contributed by atoms with Crippen molar-refractivity contribution < 1.29 is 4.79 Å². The van der Waals surface area contributed by atoms with Crippen molar-refractivity contribution in [2.75, 3.05) is 11.1 Å². The monoisotopic (exact) mass is 471 g/mol. The minimum absolute atomic E-state index is 0.101. The second kappa shape index (κ2) is 8.46. The first-order valence-electron chi connectivity index (χ1n) is 7.06. The first-order chi connectivity index (χ1) is 12.0. The number of rotatable bonds is 5. The second-order valence-electron chi connectivity index (χ2n) is 4.84. The highest BCUT2D eigenvalue weighted by Gasteiger charge is 2.10. The van der Waals surface area contributed by atoms with Gasteiger partial charge >= 0.3 is 0 Å². The highest BCUT2D eigenvalue weighted by molar-refractivity contribution is 9.10. The third kappa shape index (κ3) is 4.92. The molecule has 1 heterocycles. The van der Waals surface area contributed by atoms with E-state index in [0.717, 1.165) is 20.2 Å². The number of carbonyl (C=O) groups is 1. The van der Waals surface area contributed by atoms with E-state index in [1.54, 1.807) is 16.8 Å². The first kappa shape index (κ1) is 18.6. The van der Waals surface area contributed by atoms with Crippen molar-refractivity contribution in [2.45, 2.75) is 4.34 Å². The van der Waals surface area contributed by atoms with Crippen LogP contribution in [0, 0.1) is 3.95 Å². The molecule has 0 fully saturated rings. The predicted octanol–water partition coefficient (Wildman–Crippen LogP) is 5.81. The fourth-order valence-corrected chi connectivity index (χ4v) is 4.61. The van der Waals surface area contributed by atoms with E-state index in [1.165, 1.54) is 23.1 Å². The molecule has 0 aliphatic heterocycles. The fourth-order valence-electron chi connectivity index (χ4n) is 1.94. The molecule has 1 N–H and O–H groups in total. The van der Waals surface area contributed by atoms with Crippen LogP contribution in [0.2, 0.25) is 5.02 Å². The lowest BCUT2D eigenvalue weighted by Crippen LogP contribution is -2.14. The first-order valence-corrected chi connectivity index (χ1v) is 10.4. The number of benzene rings is 2. The van der Waals surface area contributed by atoms with Gasteiger partial charge < -0.3 is 5.32 Å². The van der Waals surface area contributed by atoms with Gasteiger partial charge in [-0.3, -0.25) is 4.79 Å². The van der Waals surface area contributed by atoms with Crippen LogP contribution in [0.3, 0.4) is 0 Å². The van der Waals surface area contributed by atoms with Crippen molar-refractivity contribution in [3.05, 3.63) is 62.0 Å². The van der Waals surface area contributed by atoms with Crippen molar-refractivity contribution in [3.8, 4) is 5.69 Å². The summed E-state index contributed by atoms with van der Waals surface area (Å²) in [5, 5.41) is 7.99. The molecule has 3 rings (SSSR count). The van der Waals surface area contributed by atoms with Crippen LogP contribution in [-0.2, 0) is 4.79 Å². The molecule has 0 bridgehead atoms. The van der Waals surface area contributed by atoms with Crippen LogP contribution in [-0.4, -0.2) is 21.4 Å². The van der Waals surface area contributed by atoms with E-state index in [4.69, 9.17) is 23.8 Å².